The molecule has 27 heavy (non-hydrogen) atoms. The van der Waals surface area contributed by atoms with Crippen molar-refractivity contribution < 1.29 is 13.9 Å². The number of carbonyl (C=O) groups excluding carboxylic acids is 1. The number of amides is 1. The molecular formula is C18H27N5O3S. The first kappa shape index (κ1) is 19.8. The van der Waals surface area contributed by atoms with Gasteiger partial charge in [0.25, 0.3) is 0 Å². The van der Waals surface area contributed by atoms with E-state index in [9.17, 15) is 4.79 Å². The summed E-state index contributed by atoms with van der Waals surface area (Å²) in [6.07, 6.45) is 3.86. The fraction of sp³-hybridized carbons (Fsp3) is 0.667. The van der Waals surface area contributed by atoms with E-state index in [1.165, 1.54) is 11.3 Å². The second kappa shape index (κ2) is 9.80. The van der Waals surface area contributed by atoms with Crippen LogP contribution in [0.1, 0.15) is 51.1 Å². The van der Waals surface area contributed by atoms with E-state index in [1.54, 1.807) is 5.51 Å². The molecule has 0 aromatic carbocycles. The molecule has 2 heterocycles. The quantitative estimate of drug-likeness (QED) is 0.675. The maximum Gasteiger partial charge on any atom is 0.315 e. The molecule has 0 aliphatic heterocycles. The normalized spacial score (nSPS) is 22.5. The van der Waals surface area contributed by atoms with Crippen molar-refractivity contribution in [1.82, 2.24) is 20.5 Å². The Morgan fingerprint density at radius 1 is 1.37 bits per heavy atom. The maximum absolute atomic E-state index is 12.6. The van der Waals surface area contributed by atoms with Gasteiger partial charge in [-0.3, -0.25) is 4.79 Å². The predicted octanol–water partition coefficient (Wildman–Crippen LogP) is 2.78. The van der Waals surface area contributed by atoms with Crippen LogP contribution in [0.5, 0.6) is 0 Å². The van der Waals surface area contributed by atoms with Crippen LogP contribution in [-0.2, 0) is 22.5 Å². The molecule has 3 atom stereocenters. The van der Waals surface area contributed by atoms with Crippen LogP contribution in [0.4, 0.5) is 6.01 Å². The third kappa shape index (κ3) is 5.49. The topological polar surface area (TPSA) is 102 Å². The van der Waals surface area contributed by atoms with Crippen molar-refractivity contribution in [2.45, 2.75) is 64.6 Å². The number of nitrogens with zero attached hydrogens (tertiary/aromatic N) is 3. The summed E-state index contributed by atoms with van der Waals surface area (Å²) in [5, 5.41) is 16.3. The van der Waals surface area contributed by atoms with E-state index in [0.29, 0.717) is 37.9 Å². The SMILES string of the molecule is CCCO[C@H]1C[C@@H](C(=O)NCc2cscn2)CC[C@@H]1Nc1nnc(CC)o1. The summed E-state index contributed by atoms with van der Waals surface area (Å²) in [7, 11) is 0. The van der Waals surface area contributed by atoms with Crippen molar-refractivity contribution in [3.63, 3.8) is 0 Å². The van der Waals surface area contributed by atoms with Crippen molar-refractivity contribution in [2.24, 2.45) is 5.92 Å². The van der Waals surface area contributed by atoms with E-state index < -0.39 is 0 Å². The van der Waals surface area contributed by atoms with Crippen LogP contribution in [0, 0.1) is 5.92 Å². The van der Waals surface area contributed by atoms with Gasteiger partial charge in [-0.2, -0.15) is 0 Å². The van der Waals surface area contributed by atoms with Crippen LogP contribution in [-0.4, -0.2) is 39.8 Å². The van der Waals surface area contributed by atoms with Gasteiger partial charge in [-0.1, -0.05) is 18.9 Å². The third-order valence-electron chi connectivity index (χ3n) is 4.70. The Balaban J connectivity index is 1.56. The van der Waals surface area contributed by atoms with Gasteiger partial charge in [-0.05, 0) is 25.7 Å². The molecule has 9 heteroatoms. The standard InChI is InChI=1S/C18H27N5O3S/c1-3-7-25-15-8-12(17(24)19-9-13-10-27-11-20-13)5-6-14(15)21-18-23-22-16(4-2)26-18/h10-12,14-15H,3-9H2,1-2H3,(H,19,24)(H,21,23)/t12-,14-,15-/m0/s1. The predicted molar refractivity (Wildman–Crippen MR) is 102 cm³/mol. The number of rotatable bonds is 9. The molecule has 8 nitrogen and oxygen atoms in total. The summed E-state index contributed by atoms with van der Waals surface area (Å²) >= 11 is 1.53. The molecule has 1 fully saturated rings. The minimum atomic E-state index is -0.0642. The first-order chi connectivity index (χ1) is 13.2. The molecule has 0 spiro atoms. The van der Waals surface area contributed by atoms with Crippen molar-refractivity contribution in [1.29, 1.82) is 0 Å². The highest BCUT2D eigenvalue weighted by Crippen LogP contribution is 2.29. The van der Waals surface area contributed by atoms with Gasteiger partial charge in [0, 0.05) is 24.3 Å². The third-order valence-corrected chi connectivity index (χ3v) is 5.34. The summed E-state index contributed by atoms with van der Waals surface area (Å²) in [5.74, 6) is 0.619. The van der Waals surface area contributed by atoms with Crippen molar-refractivity contribution in [3.8, 4) is 0 Å². The molecule has 2 N–H and O–H groups in total. The molecule has 2 aromatic rings. The monoisotopic (exact) mass is 393 g/mol. The number of thiazole rings is 1. The lowest BCUT2D eigenvalue weighted by Gasteiger charge is -2.35. The number of ether oxygens (including phenoxy) is 1. The Kier molecular flexibility index (Phi) is 7.17. The van der Waals surface area contributed by atoms with Gasteiger partial charge in [-0.15, -0.1) is 16.4 Å². The summed E-state index contributed by atoms with van der Waals surface area (Å²) in [5.41, 5.74) is 2.67. The average Bonchev–Trinajstić information content (AvgIpc) is 3.37. The number of hydrogen-bond acceptors (Lipinski definition) is 8. The van der Waals surface area contributed by atoms with Gasteiger partial charge >= 0.3 is 6.01 Å². The smallest absolute Gasteiger partial charge is 0.315 e. The highest BCUT2D eigenvalue weighted by molar-refractivity contribution is 7.07. The lowest BCUT2D eigenvalue weighted by atomic mass is 9.83. The van der Waals surface area contributed by atoms with E-state index in [-0.39, 0.29) is 24.0 Å². The molecular weight excluding hydrogens is 366 g/mol. The lowest BCUT2D eigenvalue weighted by Crippen LogP contribution is -2.45. The number of nitrogens with one attached hydrogen (secondary N) is 2. The van der Waals surface area contributed by atoms with Gasteiger partial charge in [0.1, 0.15) is 0 Å². The molecule has 1 aliphatic carbocycles. The molecule has 3 rings (SSSR count). The zero-order valence-electron chi connectivity index (χ0n) is 15.8. The van der Waals surface area contributed by atoms with E-state index in [1.807, 2.05) is 12.3 Å². The summed E-state index contributed by atoms with van der Waals surface area (Å²) in [4.78, 5) is 16.8. The highest BCUT2D eigenvalue weighted by Gasteiger charge is 2.35. The number of carbonyl (C=O) groups is 1. The van der Waals surface area contributed by atoms with Crippen LogP contribution in [0.3, 0.4) is 0 Å². The maximum atomic E-state index is 12.6. The molecule has 1 aliphatic rings. The zero-order chi connectivity index (χ0) is 19.1. The molecule has 1 amide bonds. The Morgan fingerprint density at radius 3 is 2.96 bits per heavy atom. The van der Waals surface area contributed by atoms with Crippen molar-refractivity contribution >= 4 is 23.3 Å². The van der Waals surface area contributed by atoms with Crippen LogP contribution < -0.4 is 10.6 Å². The first-order valence-electron chi connectivity index (χ1n) is 9.54. The second-order valence-electron chi connectivity index (χ2n) is 6.72. The molecule has 1 saturated carbocycles. The van der Waals surface area contributed by atoms with Crippen LogP contribution >= 0.6 is 11.3 Å². The van der Waals surface area contributed by atoms with E-state index in [4.69, 9.17) is 9.15 Å². The minimum Gasteiger partial charge on any atom is -0.408 e. The molecule has 0 bridgehead atoms. The average molecular weight is 394 g/mol. The molecule has 148 valence electrons. The van der Waals surface area contributed by atoms with Crippen LogP contribution in [0.25, 0.3) is 0 Å². The van der Waals surface area contributed by atoms with E-state index >= 15 is 0 Å². The van der Waals surface area contributed by atoms with Crippen molar-refractivity contribution in [3.05, 3.63) is 22.5 Å². The van der Waals surface area contributed by atoms with Gasteiger partial charge < -0.3 is 19.8 Å². The number of anilines is 1. The van der Waals surface area contributed by atoms with Crippen LogP contribution in [0.2, 0.25) is 0 Å². The molecule has 2 aromatic heterocycles. The Labute approximate surface area is 163 Å². The minimum absolute atomic E-state index is 0.0579. The number of aromatic nitrogens is 3. The Bertz CT molecular complexity index is 706. The number of aryl methyl sites for hydroxylation is 1. The fourth-order valence-electron chi connectivity index (χ4n) is 3.25. The zero-order valence-corrected chi connectivity index (χ0v) is 16.6. The number of hydrogen-bond donors (Lipinski definition) is 2. The first-order valence-corrected chi connectivity index (χ1v) is 10.5. The van der Waals surface area contributed by atoms with Gasteiger partial charge in [0.2, 0.25) is 11.8 Å². The Morgan fingerprint density at radius 2 is 2.26 bits per heavy atom. The molecule has 0 radical (unpaired) electrons. The lowest BCUT2D eigenvalue weighted by molar-refractivity contribution is -0.128. The Hall–Kier alpha value is -2.00. The molecule has 0 saturated heterocycles. The fourth-order valence-corrected chi connectivity index (χ4v) is 3.80. The van der Waals surface area contributed by atoms with E-state index in [2.05, 4.69) is 32.7 Å². The summed E-state index contributed by atoms with van der Waals surface area (Å²) in [6, 6.07) is 0.484. The van der Waals surface area contributed by atoms with Gasteiger partial charge in [0.15, 0.2) is 0 Å². The largest absolute Gasteiger partial charge is 0.408 e. The second-order valence-corrected chi connectivity index (χ2v) is 7.44. The van der Waals surface area contributed by atoms with Gasteiger partial charge in [-0.25, -0.2) is 4.98 Å². The van der Waals surface area contributed by atoms with E-state index in [0.717, 1.165) is 25.0 Å². The van der Waals surface area contributed by atoms with Gasteiger partial charge in [0.05, 0.1) is 29.9 Å². The molecule has 0 unspecified atom stereocenters. The van der Waals surface area contributed by atoms with Crippen LogP contribution in [0.15, 0.2) is 15.3 Å². The van der Waals surface area contributed by atoms with Crippen molar-refractivity contribution in [2.75, 3.05) is 11.9 Å². The summed E-state index contributed by atoms with van der Waals surface area (Å²) in [6.45, 7) is 5.19. The summed E-state index contributed by atoms with van der Waals surface area (Å²) < 4.78 is 11.6. The highest BCUT2D eigenvalue weighted by atomic mass is 32.1.